The Morgan fingerprint density at radius 2 is 2.33 bits per heavy atom. The largest absolute Gasteiger partial charge is 0.698 e. The van der Waals surface area contributed by atoms with Crippen molar-refractivity contribution in [2.24, 2.45) is 0 Å². The van der Waals surface area contributed by atoms with Gasteiger partial charge in [0.15, 0.2) is 0 Å². The van der Waals surface area contributed by atoms with Gasteiger partial charge in [-0.1, -0.05) is 0 Å². The second-order valence-corrected chi connectivity index (χ2v) is 0.781. The normalized spacial score (nSPS) is 7.00. The summed E-state index contributed by atoms with van der Waals surface area (Å²) in [7, 11) is 0. The van der Waals surface area contributed by atoms with Gasteiger partial charge in [-0.05, 0) is 0 Å². The van der Waals surface area contributed by atoms with Crippen LogP contribution in [0.4, 0.5) is 4.79 Å². The van der Waals surface area contributed by atoms with Gasteiger partial charge in [-0.3, -0.25) is 10.1 Å². The second kappa shape index (κ2) is 3.20. The smallest absolute Gasteiger partial charge is 0.253 e. The van der Waals surface area contributed by atoms with Crippen LogP contribution in [0.2, 0.25) is 0 Å². The minimum atomic E-state index is -1.82. The number of nitrogens with zero attached hydrogens (tertiary/aromatic N) is 2. The van der Waals surface area contributed by atoms with E-state index in [2.05, 4.69) is 9.78 Å². The molecule has 0 aromatic rings. The van der Waals surface area contributed by atoms with E-state index in [-0.39, 0.29) is 0 Å². The molecule has 0 N–H and O–H groups in total. The van der Waals surface area contributed by atoms with Gasteiger partial charge in [-0.2, -0.15) is 14.6 Å². The fourth-order valence-electron chi connectivity index (χ4n) is 0.0847. The van der Waals surface area contributed by atoms with Crippen LogP contribution in [0.25, 0.3) is 0 Å². The van der Waals surface area contributed by atoms with Gasteiger partial charge in [0.2, 0.25) is 0 Å². The van der Waals surface area contributed by atoms with Crippen LogP contribution in [-0.4, -0.2) is 11.0 Å². The van der Waals surface area contributed by atoms with Crippen LogP contribution in [0.3, 0.4) is 0 Å². The average molecular weight is 132 g/mol. The first-order valence-electron chi connectivity index (χ1n) is 1.59. The third-order valence-corrected chi connectivity index (χ3v) is 0.299. The van der Waals surface area contributed by atoms with Gasteiger partial charge in [0.1, 0.15) is 4.92 Å². The summed E-state index contributed by atoms with van der Waals surface area (Å²) in [6, 6.07) is 0. The van der Waals surface area contributed by atoms with Gasteiger partial charge in [-0.15, -0.1) is 5.26 Å². The van der Waals surface area contributed by atoms with Crippen molar-refractivity contribution in [3.05, 3.63) is 10.1 Å². The molecule has 0 rings (SSSR count). The molecule has 48 valence electrons. The molecule has 1 amide bonds. The molecular formula is C2N2O5. The highest BCUT2D eigenvalue weighted by Crippen LogP contribution is 1.81. The number of nitriles is 1. The highest BCUT2D eigenvalue weighted by atomic mass is 17.2. The Balaban J connectivity index is 3.55. The maximum atomic E-state index is 9.70. The molecule has 0 aliphatic heterocycles. The summed E-state index contributed by atoms with van der Waals surface area (Å²) in [5, 5.41) is 16.9. The zero-order chi connectivity index (χ0) is 7.28. The lowest BCUT2D eigenvalue weighted by Crippen LogP contribution is -2.11. The van der Waals surface area contributed by atoms with Crippen molar-refractivity contribution in [3.63, 3.8) is 0 Å². The molecule has 0 spiro atoms. The molecule has 0 atom stereocenters. The molecule has 0 saturated carbocycles. The number of carbonyl (C=O) groups is 1. The molecule has 0 aliphatic carbocycles. The Bertz CT molecular complexity index is 168. The van der Waals surface area contributed by atoms with Gasteiger partial charge in [0.25, 0.3) is 0 Å². The molecule has 0 unspecified atom stereocenters. The zero-order valence-electron chi connectivity index (χ0n) is 3.94. The number of hydrogen-bond donors (Lipinski definition) is 0. The van der Waals surface area contributed by atoms with Crippen molar-refractivity contribution >= 4 is 6.09 Å². The molecule has 0 heterocycles. The van der Waals surface area contributed by atoms with Crippen molar-refractivity contribution in [3.8, 4) is 6.26 Å². The maximum Gasteiger partial charge on any atom is 0.698 e. The van der Waals surface area contributed by atoms with Crippen LogP contribution in [-0.2, 0) is 9.78 Å². The number of rotatable bonds is 1. The lowest BCUT2D eigenvalue weighted by atomic mass is 11.3. The summed E-state index contributed by atoms with van der Waals surface area (Å²) in [5.74, 6) is 0. The SMILES string of the molecule is N#COOC(=O)[N+](=O)[O-]. The molecule has 9 heavy (non-hydrogen) atoms. The monoisotopic (exact) mass is 132 g/mol. The van der Waals surface area contributed by atoms with Crippen LogP contribution in [0.1, 0.15) is 0 Å². The zero-order valence-corrected chi connectivity index (χ0v) is 3.94. The highest BCUT2D eigenvalue weighted by Gasteiger charge is 2.18. The molecule has 7 heteroatoms. The molecule has 0 saturated heterocycles. The maximum absolute atomic E-state index is 9.70. The molecular weight excluding hydrogens is 132 g/mol. The van der Waals surface area contributed by atoms with Crippen LogP contribution < -0.4 is 0 Å². The van der Waals surface area contributed by atoms with Crippen LogP contribution in [0.15, 0.2) is 0 Å². The first-order valence-corrected chi connectivity index (χ1v) is 1.59. The van der Waals surface area contributed by atoms with E-state index < -0.39 is 11.0 Å². The summed E-state index contributed by atoms with van der Waals surface area (Å²) in [4.78, 5) is 24.2. The predicted octanol–water partition coefficient (Wildman–Crippen LogP) is -0.188. The van der Waals surface area contributed by atoms with Crippen molar-refractivity contribution in [1.29, 1.82) is 5.26 Å². The summed E-state index contributed by atoms with van der Waals surface area (Å²) >= 11 is 0. The van der Waals surface area contributed by atoms with Gasteiger partial charge < -0.3 is 0 Å². The third-order valence-electron chi connectivity index (χ3n) is 0.299. The number of nitro groups is 1. The van der Waals surface area contributed by atoms with Crippen molar-refractivity contribution in [1.82, 2.24) is 0 Å². The van der Waals surface area contributed by atoms with Gasteiger partial charge in [0.05, 0.1) is 0 Å². The van der Waals surface area contributed by atoms with E-state index >= 15 is 0 Å². The van der Waals surface area contributed by atoms with E-state index in [0.717, 1.165) is 6.26 Å². The van der Waals surface area contributed by atoms with Crippen LogP contribution >= 0.6 is 0 Å². The molecule has 0 aliphatic rings. The Hall–Kier alpha value is -1.84. The predicted molar refractivity (Wildman–Crippen MR) is 20.2 cm³/mol. The second-order valence-electron chi connectivity index (χ2n) is 0.781. The molecule has 7 nitrogen and oxygen atoms in total. The van der Waals surface area contributed by atoms with Crippen molar-refractivity contribution in [2.45, 2.75) is 0 Å². The number of carbonyl (C=O) groups excluding carboxylic acids is 1. The molecule has 0 fully saturated rings. The molecule has 0 aromatic carbocycles. The van der Waals surface area contributed by atoms with E-state index in [1.54, 1.807) is 0 Å². The fraction of sp³-hybridized carbons (Fsp3) is 0. The van der Waals surface area contributed by atoms with E-state index in [9.17, 15) is 14.9 Å². The van der Waals surface area contributed by atoms with E-state index in [1.807, 2.05) is 0 Å². The van der Waals surface area contributed by atoms with E-state index in [0.29, 0.717) is 0 Å². The van der Waals surface area contributed by atoms with Crippen molar-refractivity contribution < 1.29 is 19.5 Å². The van der Waals surface area contributed by atoms with Gasteiger partial charge >= 0.3 is 12.3 Å². The molecule has 0 radical (unpaired) electrons. The average Bonchev–Trinajstić information content (AvgIpc) is 1.82. The van der Waals surface area contributed by atoms with E-state index in [1.165, 1.54) is 0 Å². The highest BCUT2D eigenvalue weighted by molar-refractivity contribution is 5.56. The quantitative estimate of drug-likeness (QED) is 0.212. The first kappa shape index (κ1) is 7.16. The Morgan fingerprint density at radius 3 is 2.67 bits per heavy atom. The summed E-state index contributed by atoms with van der Waals surface area (Å²) < 4.78 is 0. The molecule has 0 aromatic heterocycles. The molecule has 0 bridgehead atoms. The first-order chi connectivity index (χ1) is 4.18. The lowest BCUT2D eigenvalue weighted by molar-refractivity contribution is -0.425. The standard InChI is InChI=1S/C2N2O5/c3-1-8-9-2(5)4(6)7. The van der Waals surface area contributed by atoms with Crippen LogP contribution in [0, 0.1) is 21.6 Å². The minimum absolute atomic E-state index is 0.906. The fourth-order valence-corrected chi connectivity index (χ4v) is 0.0847. The Labute approximate surface area is 48.5 Å². The Morgan fingerprint density at radius 1 is 1.78 bits per heavy atom. The summed E-state index contributed by atoms with van der Waals surface area (Å²) in [6.07, 6.45) is -0.917. The summed E-state index contributed by atoms with van der Waals surface area (Å²) in [6.45, 7) is 0. The third kappa shape index (κ3) is 2.81. The van der Waals surface area contributed by atoms with Crippen LogP contribution in [0.5, 0.6) is 0 Å². The number of hydrogen-bond acceptors (Lipinski definition) is 6. The Kier molecular flexibility index (Phi) is 2.55. The topological polar surface area (TPSA) is 102 Å². The van der Waals surface area contributed by atoms with Gasteiger partial charge in [0, 0.05) is 0 Å². The van der Waals surface area contributed by atoms with Gasteiger partial charge in [-0.25, -0.2) is 0 Å². The number of amides is 1. The van der Waals surface area contributed by atoms with E-state index in [4.69, 9.17) is 5.26 Å². The van der Waals surface area contributed by atoms with Crippen molar-refractivity contribution in [2.75, 3.05) is 0 Å². The minimum Gasteiger partial charge on any atom is -0.253 e. The lowest BCUT2D eigenvalue weighted by Gasteiger charge is -1.84. The summed E-state index contributed by atoms with van der Waals surface area (Å²) in [5.41, 5.74) is 0.